The lowest BCUT2D eigenvalue weighted by Crippen LogP contribution is -2.44. The SMILES string of the molecule is CC(=O)c1cc(N2CCOCC2C)nc2c(/C(=C/C=N)NC3CCCCO3)nccc12. The minimum atomic E-state index is -0.133. The van der Waals surface area contributed by atoms with Crippen LogP contribution in [0.2, 0.25) is 0 Å². The molecule has 164 valence electrons. The van der Waals surface area contributed by atoms with Crippen molar-refractivity contribution in [3.63, 3.8) is 0 Å². The van der Waals surface area contributed by atoms with Gasteiger partial charge in [0.25, 0.3) is 0 Å². The molecule has 2 unspecified atom stereocenters. The summed E-state index contributed by atoms with van der Waals surface area (Å²) in [5.74, 6) is 0.721. The van der Waals surface area contributed by atoms with Crippen molar-refractivity contribution < 1.29 is 14.3 Å². The number of nitrogens with zero attached hydrogens (tertiary/aromatic N) is 3. The Kier molecular flexibility index (Phi) is 6.58. The van der Waals surface area contributed by atoms with E-state index < -0.39 is 0 Å². The molecular formula is C23H29N5O3. The van der Waals surface area contributed by atoms with Crippen LogP contribution in [0.25, 0.3) is 16.6 Å². The van der Waals surface area contributed by atoms with Crippen molar-refractivity contribution in [2.75, 3.05) is 31.3 Å². The van der Waals surface area contributed by atoms with E-state index in [4.69, 9.17) is 19.9 Å². The first-order valence-electron chi connectivity index (χ1n) is 10.8. The fourth-order valence-electron chi connectivity index (χ4n) is 4.15. The Morgan fingerprint density at radius 2 is 2.23 bits per heavy atom. The highest BCUT2D eigenvalue weighted by Gasteiger charge is 2.24. The van der Waals surface area contributed by atoms with Crippen LogP contribution in [0.5, 0.6) is 0 Å². The van der Waals surface area contributed by atoms with E-state index in [9.17, 15) is 4.79 Å². The van der Waals surface area contributed by atoms with E-state index in [1.54, 1.807) is 19.2 Å². The zero-order valence-electron chi connectivity index (χ0n) is 18.1. The largest absolute Gasteiger partial charge is 0.377 e. The van der Waals surface area contributed by atoms with E-state index in [1.807, 2.05) is 12.1 Å². The van der Waals surface area contributed by atoms with E-state index in [2.05, 4.69) is 22.1 Å². The molecule has 8 nitrogen and oxygen atoms in total. The topological polar surface area (TPSA) is 100 Å². The van der Waals surface area contributed by atoms with E-state index >= 15 is 0 Å². The minimum Gasteiger partial charge on any atom is -0.377 e. The maximum atomic E-state index is 12.5. The summed E-state index contributed by atoms with van der Waals surface area (Å²) >= 11 is 0. The Labute approximate surface area is 182 Å². The first-order valence-corrected chi connectivity index (χ1v) is 10.8. The highest BCUT2D eigenvalue weighted by atomic mass is 16.5. The zero-order chi connectivity index (χ0) is 21.8. The molecule has 4 rings (SSSR count). The standard InChI is InChI=1S/C23H29N5O3/c1-15-14-30-12-10-28(15)20-13-18(16(2)29)17-7-9-25-23(22(17)27-20)19(6-8-24)26-21-5-3-4-11-31-21/h6-9,13,15,21,24,26H,3-5,10-12,14H2,1-2H3/b19-6-,24-8?. The van der Waals surface area contributed by atoms with Crippen LogP contribution in [0.4, 0.5) is 5.82 Å². The molecule has 31 heavy (non-hydrogen) atoms. The number of hydrogen-bond acceptors (Lipinski definition) is 8. The molecule has 0 spiro atoms. The molecule has 2 N–H and O–H groups in total. The summed E-state index contributed by atoms with van der Waals surface area (Å²) in [6, 6.07) is 3.85. The normalized spacial score (nSPS) is 22.4. The van der Waals surface area contributed by atoms with Crippen molar-refractivity contribution in [2.24, 2.45) is 0 Å². The number of fused-ring (bicyclic) bond motifs is 1. The lowest BCUT2D eigenvalue weighted by Gasteiger charge is -2.34. The Balaban J connectivity index is 1.83. The first-order chi connectivity index (χ1) is 15.1. The number of rotatable bonds is 6. The fraction of sp³-hybridized carbons (Fsp3) is 0.478. The molecule has 0 saturated carbocycles. The van der Waals surface area contributed by atoms with Gasteiger partial charge in [0, 0.05) is 36.5 Å². The molecule has 2 aliphatic heterocycles. The van der Waals surface area contributed by atoms with Crippen molar-refractivity contribution >= 4 is 34.4 Å². The molecule has 2 fully saturated rings. The van der Waals surface area contributed by atoms with Crippen molar-refractivity contribution in [3.05, 3.63) is 35.7 Å². The summed E-state index contributed by atoms with van der Waals surface area (Å²) in [6.45, 7) is 6.33. The number of ketones is 1. The Morgan fingerprint density at radius 1 is 1.35 bits per heavy atom. The van der Waals surface area contributed by atoms with E-state index in [0.29, 0.717) is 48.8 Å². The monoisotopic (exact) mass is 423 g/mol. The predicted molar refractivity (Wildman–Crippen MR) is 121 cm³/mol. The summed E-state index contributed by atoms with van der Waals surface area (Å²) in [7, 11) is 0. The molecule has 0 bridgehead atoms. The maximum Gasteiger partial charge on any atom is 0.160 e. The van der Waals surface area contributed by atoms with E-state index in [-0.39, 0.29) is 18.1 Å². The molecule has 8 heteroatoms. The summed E-state index contributed by atoms with van der Waals surface area (Å²) in [6.07, 6.45) is 7.48. The molecule has 0 aliphatic carbocycles. The van der Waals surface area contributed by atoms with Crippen LogP contribution >= 0.6 is 0 Å². The second-order valence-electron chi connectivity index (χ2n) is 8.00. The molecular weight excluding hydrogens is 394 g/mol. The smallest absolute Gasteiger partial charge is 0.160 e. The molecule has 2 aromatic heterocycles. The van der Waals surface area contributed by atoms with Crippen LogP contribution in [0.3, 0.4) is 0 Å². The number of morpholine rings is 1. The highest BCUT2D eigenvalue weighted by molar-refractivity contribution is 6.08. The number of anilines is 1. The van der Waals surface area contributed by atoms with Crippen LogP contribution in [0.1, 0.15) is 49.2 Å². The number of aromatic nitrogens is 2. The third-order valence-electron chi connectivity index (χ3n) is 5.76. The summed E-state index contributed by atoms with van der Waals surface area (Å²) in [5.41, 5.74) is 2.54. The van der Waals surface area contributed by atoms with E-state index in [0.717, 1.165) is 30.5 Å². The Bertz CT molecular complexity index is 1000. The molecule has 2 atom stereocenters. The van der Waals surface area contributed by atoms with Crippen LogP contribution in [0, 0.1) is 5.41 Å². The lowest BCUT2D eigenvalue weighted by atomic mass is 10.0. The van der Waals surface area contributed by atoms with Crippen molar-refractivity contribution in [3.8, 4) is 0 Å². The second kappa shape index (κ2) is 9.53. The number of allylic oxidation sites excluding steroid dienone is 1. The number of ether oxygens (including phenoxy) is 2. The average Bonchev–Trinajstić information content (AvgIpc) is 2.78. The third kappa shape index (κ3) is 4.60. The molecule has 2 saturated heterocycles. The average molecular weight is 424 g/mol. The number of nitrogens with one attached hydrogen (secondary N) is 2. The van der Waals surface area contributed by atoms with Crippen LogP contribution in [-0.4, -0.2) is 60.6 Å². The summed E-state index contributed by atoms with van der Waals surface area (Å²) < 4.78 is 11.4. The number of pyridine rings is 2. The third-order valence-corrected chi connectivity index (χ3v) is 5.76. The second-order valence-corrected chi connectivity index (χ2v) is 8.00. The van der Waals surface area contributed by atoms with Crippen molar-refractivity contribution in [2.45, 2.75) is 45.4 Å². The van der Waals surface area contributed by atoms with Gasteiger partial charge >= 0.3 is 0 Å². The molecule has 0 radical (unpaired) electrons. The predicted octanol–water partition coefficient (Wildman–Crippen LogP) is 3.16. The minimum absolute atomic E-state index is 0.0205. The van der Waals surface area contributed by atoms with Gasteiger partial charge in [-0.2, -0.15) is 0 Å². The van der Waals surface area contributed by atoms with Gasteiger partial charge in [-0.3, -0.25) is 9.78 Å². The van der Waals surface area contributed by atoms with Gasteiger partial charge in [-0.15, -0.1) is 0 Å². The quantitative estimate of drug-likeness (QED) is 0.544. The Hall–Kier alpha value is -2.84. The van der Waals surface area contributed by atoms with Gasteiger partial charge in [0.15, 0.2) is 5.78 Å². The number of carbonyl (C=O) groups excluding carboxylic acids is 1. The first kappa shape index (κ1) is 21.4. The van der Waals surface area contributed by atoms with Gasteiger partial charge in [-0.25, -0.2) is 4.98 Å². The van der Waals surface area contributed by atoms with Crippen molar-refractivity contribution in [1.82, 2.24) is 15.3 Å². The van der Waals surface area contributed by atoms with Gasteiger partial charge in [-0.1, -0.05) is 0 Å². The Morgan fingerprint density at radius 3 is 2.94 bits per heavy atom. The van der Waals surface area contributed by atoms with Crippen LogP contribution in [-0.2, 0) is 9.47 Å². The van der Waals surface area contributed by atoms with Gasteiger partial charge in [0.1, 0.15) is 23.3 Å². The van der Waals surface area contributed by atoms with E-state index in [1.165, 1.54) is 6.21 Å². The molecule has 4 heterocycles. The van der Waals surface area contributed by atoms with Crippen LogP contribution < -0.4 is 10.2 Å². The van der Waals surface area contributed by atoms with Gasteiger partial charge in [0.2, 0.25) is 0 Å². The van der Waals surface area contributed by atoms with Gasteiger partial charge in [-0.05, 0) is 51.3 Å². The van der Waals surface area contributed by atoms with Gasteiger partial charge in [0.05, 0.1) is 25.0 Å². The van der Waals surface area contributed by atoms with Crippen LogP contribution in [0.15, 0.2) is 24.4 Å². The molecule has 0 amide bonds. The number of Topliss-reactive ketones (excluding diaryl/α,β-unsaturated/α-hetero) is 1. The molecule has 0 aromatic carbocycles. The number of hydrogen-bond donors (Lipinski definition) is 2. The molecule has 2 aromatic rings. The summed E-state index contributed by atoms with van der Waals surface area (Å²) in [5, 5.41) is 11.8. The lowest BCUT2D eigenvalue weighted by molar-refractivity contribution is 0.00530. The maximum absolute atomic E-state index is 12.5. The van der Waals surface area contributed by atoms with Gasteiger partial charge < -0.3 is 25.1 Å². The zero-order valence-corrected chi connectivity index (χ0v) is 18.1. The summed E-state index contributed by atoms with van der Waals surface area (Å²) in [4.78, 5) is 24.2. The molecule has 2 aliphatic rings. The fourth-order valence-corrected chi connectivity index (χ4v) is 4.15. The highest BCUT2D eigenvalue weighted by Crippen LogP contribution is 2.29. The van der Waals surface area contributed by atoms with Crippen molar-refractivity contribution in [1.29, 1.82) is 5.41 Å². The number of carbonyl (C=O) groups is 1.